The van der Waals surface area contributed by atoms with Crippen molar-refractivity contribution in [3.63, 3.8) is 0 Å². The van der Waals surface area contributed by atoms with E-state index >= 15 is 0 Å². The van der Waals surface area contributed by atoms with Gasteiger partial charge < -0.3 is 4.52 Å². The van der Waals surface area contributed by atoms with Crippen LogP contribution in [0.25, 0.3) is 10.6 Å². The molecular formula is C9H9NO3S2. The zero-order valence-electron chi connectivity index (χ0n) is 8.00. The molecule has 80 valence electrons. The molecule has 0 aliphatic carbocycles. The van der Waals surface area contributed by atoms with Gasteiger partial charge in [-0.25, -0.2) is 8.42 Å². The number of aromatic nitrogens is 1. The highest BCUT2D eigenvalue weighted by atomic mass is 32.2. The second-order valence-corrected chi connectivity index (χ2v) is 6.49. The van der Waals surface area contributed by atoms with Crippen LogP contribution in [0.1, 0.15) is 6.92 Å². The van der Waals surface area contributed by atoms with E-state index in [-0.39, 0.29) is 5.75 Å². The molecule has 2 rings (SSSR count). The summed E-state index contributed by atoms with van der Waals surface area (Å²) in [7, 11) is -3.11. The third-order valence-corrected chi connectivity index (χ3v) is 5.36. The van der Waals surface area contributed by atoms with Crippen LogP contribution in [0.4, 0.5) is 0 Å². The Morgan fingerprint density at radius 3 is 2.80 bits per heavy atom. The molecule has 0 saturated heterocycles. The quantitative estimate of drug-likeness (QED) is 0.829. The largest absolute Gasteiger partial charge is 0.355 e. The predicted molar refractivity (Wildman–Crippen MR) is 57.5 cm³/mol. The topological polar surface area (TPSA) is 60.2 Å². The van der Waals surface area contributed by atoms with Gasteiger partial charge in [0.05, 0.1) is 16.8 Å². The van der Waals surface area contributed by atoms with Crippen LogP contribution in [0.5, 0.6) is 0 Å². The first-order chi connectivity index (χ1) is 7.13. The highest BCUT2D eigenvalue weighted by molar-refractivity contribution is 7.93. The van der Waals surface area contributed by atoms with Crippen molar-refractivity contribution in [3.8, 4) is 10.6 Å². The van der Waals surface area contributed by atoms with Gasteiger partial charge in [-0.1, -0.05) is 12.1 Å². The first kappa shape index (κ1) is 10.4. The molecule has 0 atom stereocenters. The van der Waals surface area contributed by atoms with Crippen LogP contribution >= 0.6 is 11.3 Å². The summed E-state index contributed by atoms with van der Waals surface area (Å²) < 4.78 is 28.4. The molecule has 0 radical (unpaired) electrons. The molecule has 0 aromatic carbocycles. The number of hydrogen-bond donors (Lipinski definition) is 0. The molecule has 4 nitrogen and oxygen atoms in total. The number of thiophene rings is 1. The van der Waals surface area contributed by atoms with Gasteiger partial charge in [0.1, 0.15) is 4.21 Å². The Morgan fingerprint density at radius 1 is 1.40 bits per heavy atom. The first-order valence-corrected chi connectivity index (χ1v) is 6.84. The molecular weight excluding hydrogens is 234 g/mol. The van der Waals surface area contributed by atoms with Gasteiger partial charge in [0.2, 0.25) is 0 Å². The van der Waals surface area contributed by atoms with Crippen LogP contribution in [-0.2, 0) is 9.84 Å². The lowest BCUT2D eigenvalue weighted by atomic mass is 10.4. The van der Waals surface area contributed by atoms with Crippen molar-refractivity contribution >= 4 is 21.2 Å². The zero-order valence-corrected chi connectivity index (χ0v) is 9.64. The summed E-state index contributed by atoms with van der Waals surface area (Å²) in [6.45, 7) is 1.63. The monoisotopic (exact) mass is 243 g/mol. The van der Waals surface area contributed by atoms with E-state index in [1.807, 2.05) is 0 Å². The number of hydrogen-bond acceptors (Lipinski definition) is 5. The Labute approximate surface area is 91.4 Å². The predicted octanol–water partition coefficient (Wildman–Crippen LogP) is 2.20. The van der Waals surface area contributed by atoms with Crippen molar-refractivity contribution in [2.45, 2.75) is 11.1 Å². The molecule has 0 saturated carbocycles. The lowest BCUT2D eigenvalue weighted by Crippen LogP contribution is -2.00. The van der Waals surface area contributed by atoms with Crippen LogP contribution in [0, 0.1) is 0 Å². The van der Waals surface area contributed by atoms with Gasteiger partial charge in [-0.05, 0) is 12.1 Å². The molecule has 2 aromatic rings. The van der Waals surface area contributed by atoms with E-state index in [9.17, 15) is 8.42 Å². The summed E-state index contributed by atoms with van der Waals surface area (Å²) in [6.07, 6.45) is 1.53. The Balaban J connectivity index is 2.41. The van der Waals surface area contributed by atoms with Crippen molar-refractivity contribution in [3.05, 3.63) is 24.4 Å². The maximum Gasteiger partial charge on any atom is 0.187 e. The molecule has 0 spiro atoms. The Hall–Kier alpha value is -1.14. The van der Waals surface area contributed by atoms with Crippen LogP contribution < -0.4 is 0 Å². The van der Waals surface area contributed by atoms with E-state index < -0.39 is 9.84 Å². The Kier molecular flexibility index (Phi) is 2.62. The number of sulfone groups is 1. The van der Waals surface area contributed by atoms with Crippen molar-refractivity contribution in [2.75, 3.05) is 5.75 Å². The van der Waals surface area contributed by atoms with Gasteiger partial charge in [0.25, 0.3) is 0 Å². The minimum absolute atomic E-state index is 0.114. The van der Waals surface area contributed by atoms with E-state index in [0.29, 0.717) is 9.97 Å². The smallest absolute Gasteiger partial charge is 0.187 e. The van der Waals surface area contributed by atoms with Crippen LogP contribution in [0.15, 0.2) is 33.1 Å². The summed E-state index contributed by atoms with van der Waals surface area (Å²) in [5.41, 5.74) is 0. The summed E-state index contributed by atoms with van der Waals surface area (Å²) in [5.74, 6) is 0.709. The van der Waals surface area contributed by atoms with Crippen molar-refractivity contribution in [1.29, 1.82) is 0 Å². The standard InChI is InChI=1S/C9H9NO3S2/c1-2-15(11,12)9-4-3-8(14-9)7-5-6-10-13-7/h3-6H,2H2,1H3. The van der Waals surface area contributed by atoms with E-state index in [0.717, 1.165) is 4.88 Å². The molecule has 6 heteroatoms. The Bertz CT molecular complexity index is 540. The van der Waals surface area contributed by atoms with Gasteiger partial charge in [-0.15, -0.1) is 11.3 Å². The normalized spacial score (nSPS) is 11.8. The van der Waals surface area contributed by atoms with Crippen LogP contribution in [0.2, 0.25) is 0 Å². The molecule has 0 bridgehead atoms. The Morgan fingerprint density at radius 2 is 2.20 bits per heavy atom. The first-order valence-electron chi connectivity index (χ1n) is 4.37. The van der Waals surface area contributed by atoms with Gasteiger partial charge in [0, 0.05) is 6.07 Å². The maximum atomic E-state index is 11.5. The number of rotatable bonds is 3. The van der Waals surface area contributed by atoms with Crippen molar-refractivity contribution in [1.82, 2.24) is 5.16 Å². The van der Waals surface area contributed by atoms with Crippen LogP contribution in [0.3, 0.4) is 0 Å². The fourth-order valence-corrected chi connectivity index (χ4v) is 3.49. The second-order valence-electron chi connectivity index (χ2n) is 2.90. The maximum absolute atomic E-state index is 11.5. The lowest BCUT2D eigenvalue weighted by Gasteiger charge is -1.93. The molecule has 2 heterocycles. The van der Waals surface area contributed by atoms with Gasteiger partial charge in [0.15, 0.2) is 15.6 Å². The third kappa shape index (κ3) is 1.95. The lowest BCUT2D eigenvalue weighted by molar-refractivity contribution is 0.433. The summed E-state index contributed by atoms with van der Waals surface area (Å²) >= 11 is 1.20. The fraction of sp³-hybridized carbons (Fsp3) is 0.222. The summed E-state index contributed by atoms with van der Waals surface area (Å²) in [6, 6.07) is 5.03. The fourth-order valence-electron chi connectivity index (χ4n) is 1.10. The highest BCUT2D eigenvalue weighted by Crippen LogP contribution is 2.30. The van der Waals surface area contributed by atoms with E-state index in [2.05, 4.69) is 5.16 Å². The van der Waals surface area contributed by atoms with Gasteiger partial charge in [-0.3, -0.25) is 0 Å². The van der Waals surface area contributed by atoms with Gasteiger partial charge in [-0.2, -0.15) is 0 Å². The molecule has 15 heavy (non-hydrogen) atoms. The van der Waals surface area contributed by atoms with E-state index in [4.69, 9.17) is 4.52 Å². The average Bonchev–Trinajstić information content (AvgIpc) is 2.88. The van der Waals surface area contributed by atoms with E-state index in [1.165, 1.54) is 17.5 Å². The van der Waals surface area contributed by atoms with Gasteiger partial charge >= 0.3 is 0 Å². The van der Waals surface area contributed by atoms with E-state index in [1.54, 1.807) is 25.1 Å². The van der Waals surface area contributed by atoms with Crippen molar-refractivity contribution < 1.29 is 12.9 Å². The highest BCUT2D eigenvalue weighted by Gasteiger charge is 2.15. The molecule has 0 N–H and O–H groups in total. The third-order valence-electron chi connectivity index (χ3n) is 1.95. The molecule has 0 amide bonds. The average molecular weight is 243 g/mol. The minimum Gasteiger partial charge on any atom is -0.355 e. The molecule has 0 unspecified atom stereocenters. The molecule has 0 aliphatic heterocycles. The zero-order chi connectivity index (χ0) is 10.9. The van der Waals surface area contributed by atoms with Crippen LogP contribution in [-0.4, -0.2) is 19.3 Å². The number of nitrogens with zero attached hydrogens (tertiary/aromatic N) is 1. The second kappa shape index (κ2) is 3.79. The molecule has 0 aliphatic rings. The summed E-state index contributed by atoms with van der Waals surface area (Å²) in [4.78, 5) is 0.777. The summed E-state index contributed by atoms with van der Waals surface area (Å²) in [5, 5.41) is 3.57. The SMILES string of the molecule is CCS(=O)(=O)c1ccc(-c2ccno2)s1. The molecule has 2 aromatic heterocycles. The van der Waals surface area contributed by atoms with Crippen molar-refractivity contribution in [2.24, 2.45) is 0 Å². The molecule has 0 fully saturated rings. The minimum atomic E-state index is -3.11.